The molecule has 0 fully saturated rings. The van der Waals surface area contributed by atoms with Crippen molar-refractivity contribution in [2.45, 2.75) is 13.5 Å². The number of halogens is 1. The highest BCUT2D eigenvalue weighted by Gasteiger charge is 2.12. The topological polar surface area (TPSA) is 71.3 Å². The first-order valence-corrected chi connectivity index (χ1v) is 10.3. The smallest absolute Gasteiger partial charge is 0.266 e. The Balaban J connectivity index is 1.85. The maximum absolute atomic E-state index is 12.6. The van der Waals surface area contributed by atoms with Gasteiger partial charge >= 0.3 is 0 Å². The third kappa shape index (κ3) is 6.21. The minimum Gasteiger partial charge on any atom is -0.497 e. The van der Waals surface area contributed by atoms with E-state index >= 15 is 0 Å². The molecule has 0 spiro atoms. The van der Waals surface area contributed by atoms with Gasteiger partial charge in [-0.2, -0.15) is 5.26 Å². The maximum Gasteiger partial charge on any atom is 0.266 e. The van der Waals surface area contributed by atoms with Crippen molar-refractivity contribution >= 4 is 33.6 Å². The van der Waals surface area contributed by atoms with Crippen molar-refractivity contribution in [3.8, 4) is 17.6 Å². The van der Waals surface area contributed by atoms with E-state index < -0.39 is 5.91 Å². The molecule has 0 heterocycles. The number of hydrogen-bond acceptors (Lipinski definition) is 4. The molecule has 0 radical (unpaired) electrons. The number of ether oxygens (including phenoxy) is 2. The lowest BCUT2D eigenvalue weighted by Gasteiger charge is -2.12. The number of aryl methyl sites for hydroxylation is 1. The van der Waals surface area contributed by atoms with Crippen LogP contribution in [0.5, 0.6) is 11.5 Å². The predicted molar refractivity (Wildman–Crippen MR) is 125 cm³/mol. The van der Waals surface area contributed by atoms with E-state index in [0.29, 0.717) is 29.4 Å². The van der Waals surface area contributed by atoms with Crippen molar-refractivity contribution < 1.29 is 14.3 Å². The van der Waals surface area contributed by atoms with Crippen LogP contribution in [0.3, 0.4) is 0 Å². The van der Waals surface area contributed by atoms with Gasteiger partial charge in [-0.15, -0.1) is 0 Å². The van der Waals surface area contributed by atoms with Crippen molar-refractivity contribution in [1.29, 1.82) is 5.26 Å². The Morgan fingerprint density at radius 3 is 2.58 bits per heavy atom. The number of carbonyl (C=O) groups is 1. The summed E-state index contributed by atoms with van der Waals surface area (Å²) in [5.74, 6) is 0.643. The van der Waals surface area contributed by atoms with Crippen molar-refractivity contribution in [2.24, 2.45) is 0 Å². The molecule has 3 aromatic carbocycles. The molecule has 0 aliphatic heterocycles. The molecular formula is C25H21BrN2O3. The molecule has 1 N–H and O–H groups in total. The van der Waals surface area contributed by atoms with Crippen LogP contribution in [0.15, 0.2) is 76.8 Å². The molecule has 1 amide bonds. The second-order valence-electron chi connectivity index (χ2n) is 6.81. The van der Waals surface area contributed by atoms with Crippen molar-refractivity contribution in [3.05, 3.63) is 93.5 Å². The first-order chi connectivity index (χ1) is 15.0. The van der Waals surface area contributed by atoms with Crippen molar-refractivity contribution in [3.63, 3.8) is 0 Å². The summed E-state index contributed by atoms with van der Waals surface area (Å²) in [7, 11) is 1.57. The predicted octanol–water partition coefficient (Wildman–Crippen LogP) is 5.89. The molecule has 0 aliphatic rings. The lowest BCUT2D eigenvalue weighted by atomic mass is 10.1. The number of nitriles is 1. The summed E-state index contributed by atoms with van der Waals surface area (Å²) in [5, 5.41) is 12.3. The Labute approximate surface area is 190 Å². The molecule has 31 heavy (non-hydrogen) atoms. The van der Waals surface area contributed by atoms with E-state index in [4.69, 9.17) is 9.47 Å². The minimum atomic E-state index is -0.495. The van der Waals surface area contributed by atoms with E-state index in [0.717, 1.165) is 15.6 Å². The van der Waals surface area contributed by atoms with Gasteiger partial charge in [-0.1, -0.05) is 45.8 Å². The molecule has 0 unspecified atom stereocenters. The highest BCUT2D eigenvalue weighted by molar-refractivity contribution is 9.10. The van der Waals surface area contributed by atoms with Gasteiger partial charge in [-0.05, 0) is 55.0 Å². The number of benzene rings is 3. The molecule has 3 aromatic rings. The highest BCUT2D eigenvalue weighted by atomic mass is 79.9. The number of methoxy groups -OCH3 is 1. The Morgan fingerprint density at radius 1 is 1.13 bits per heavy atom. The summed E-state index contributed by atoms with van der Waals surface area (Å²) in [5.41, 5.74) is 3.33. The molecular weight excluding hydrogens is 456 g/mol. The van der Waals surface area contributed by atoms with E-state index in [2.05, 4.69) is 21.2 Å². The fourth-order valence-corrected chi connectivity index (χ4v) is 3.15. The zero-order valence-corrected chi connectivity index (χ0v) is 18.8. The van der Waals surface area contributed by atoms with E-state index in [1.165, 1.54) is 6.08 Å². The van der Waals surface area contributed by atoms with Gasteiger partial charge in [0.05, 0.1) is 7.11 Å². The fourth-order valence-electron chi connectivity index (χ4n) is 2.88. The van der Waals surface area contributed by atoms with Crippen LogP contribution in [-0.4, -0.2) is 13.0 Å². The monoisotopic (exact) mass is 476 g/mol. The van der Waals surface area contributed by atoms with Crippen molar-refractivity contribution in [2.75, 3.05) is 12.4 Å². The van der Waals surface area contributed by atoms with Crippen LogP contribution in [0, 0.1) is 18.3 Å². The number of nitrogens with zero attached hydrogens (tertiary/aromatic N) is 1. The van der Waals surface area contributed by atoms with E-state index in [1.807, 2.05) is 49.4 Å². The highest BCUT2D eigenvalue weighted by Crippen LogP contribution is 2.28. The van der Waals surface area contributed by atoms with Gasteiger partial charge in [0.2, 0.25) is 0 Å². The first-order valence-electron chi connectivity index (χ1n) is 9.53. The Morgan fingerprint density at radius 2 is 1.90 bits per heavy atom. The summed E-state index contributed by atoms with van der Waals surface area (Å²) in [6, 6.07) is 22.4. The summed E-state index contributed by atoms with van der Waals surface area (Å²) in [6.45, 7) is 2.37. The summed E-state index contributed by atoms with van der Waals surface area (Å²) in [4.78, 5) is 12.6. The minimum absolute atomic E-state index is 0.0338. The van der Waals surface area contributed by atoms with Gasteiger partial charge in [-0.3, -0.25) is 4.79 Å². The molecule has 0 aliphatic carbocycles. The summed E-state index contributed by atoms with van der Waals surface area (Å²) >= 11 is 3.35. The van der Waals surface area contributed by atoms with E-state index in [9.17, 15) is 10.1 Å². The standard InChI is InChI=1S/C25H21BrN2O3/c1-17-4-3-5-18(12-17)16-31-24-14-23(30-2)11-6-19(24)13-20(15-27)25(29)28-22-9-7-21(26)8-10-22/h3-14H,16H2,1-2H3,(H,28,29)/b20-13+. The molecule has 0 atom stereocenters. The van der Waals surface area contributed by atoms with Crippen LogP contribution in [0.25, 0.3) is 6.08 Å². The SMILES string of the molecule is COc1ccc(/C=C(\C#N)C(=O)Nc2ccc(Br)cc2)c(OCc2cccc(C)c2)c1. The zero-order chi connectivity index (χ0) is 22.2. The number of anilines is 1. The number of nitrogens with one attached hydrogen (secondary N) is 1. The van der Waals surface area contributed by atoms with E-state index in [1.54, 1.807) is 37.4 Å². The normalized spacial score (nSPS) is 10.8. The molecule has 0 bridgehead atoms. The third-order valence-electron chi connectivity index (χ3n) is 4.46. The lowest BCUT2D eigenvalue weighted by Crippen LogP contribution is -2.13. The number of hydrogen-bond donors (Lipinski definition) is 1. The number of carbonyl (C=O) groups excluding carboxylic acids is 1. The lowest BCUT2D eigenvalue weighted by molar-refractivity contribution is -0.112. The quantitative estimate of drug-likeness (QED) is 0.340. The van der Waals surface area contributed by atoms with Gasteiger partial charge in [-0.25, -0.2) is 0 Å². The Kier molecular flexibility index (Phi) is 7.47. The van der Waals surface area contributed by atoms with E-state index in [-0.39, 0.29) is 5.57 Å². The van der Waals surface area contributed by atoms with Gasteiger partial charge in [0.15, 0.2) is 0 Å². The van der Waals surface area contributed by atoms with Crippen LogP contribution in [0.4, 0.5) is 5.69 Å². The zero-order valence-electron chi connectivity index (χ0n) is 17.2. The molecule has 0 aromatic heterocycles. The number of amides is 1. The second kappa shape index (κ2) is 10.5. The van der Waals surface area contributed by atoms with Gasteiger partial charge in [0.1, 0.15) is 29.7 Å². The molecule has 3 rings (SSSR count). The molecule has 0 saturated heterocycles. The first kappa shape index (κ1) is 22.1. The van der Waals surface area contributed by atoms with Gasteiger partial charge in [0.25, 0.3) is 5.91 Å². The van der Waals surface area contributed by atoms with Crippen LogP contribution >= 0.6 is 15.9 Å². The molecule has 5 nitrogen and oxygen atoms in total. The average molecular weight is 477 g/mol. The maximum atomic E-state index is 12.6. The van der Waals surface area contributed by atoms with Crippen LogP contribution in [0.1, 0.15) is 16.7 Å². The second-order valence-corrected chi connectivity index (χ2v) is 7.73. The summed E-state index contributed by atoms with van der Waals surface area (Å²) in [6.07, 6.45) is 1.51. The average Bonchev–Trinajstić information content (AvgIpc) is 2.78. The van der Waals surface area contributed by atoms with Gasteiger partial charge < -0.3 is 14.8 Å². The van der Waals surface area contributed by atoms with Crippen LogP contribution < -0.4 is 14.8 Å². The van der Waals surface area contributed by atoms with Crippen LogP contribution in [0.2, 0.25) is 0 Å². The molecule has 0 saturated carbocycles. The summed E-state index contributed by atoms with van der Waals surface area (Å²) < 4.78 is 12.2. The molecule has 156 valence electrons. The third-order valence-corrected chi connectivity index (χ3v) is 4.99. The van der Waals surface area contributed by atoms with Gasteiger partial charge in [0, 0.05) is 21.8 Å². The van der Waals surface area contributed by atoms with Crippen LogP contribution in [-0.2, 0) is 11.4 Å². The molecule has 6 heteroatoms. The largest absolute Gasteiger partial charge is 0.497 e. The van der Waals surface area contributed by atoms with Crippen molar-refractivity contribution in [1.82, 2.24) is 0 Å². The number of rotatable bonds is 7. The Hall–Kier alpha value is -3.56. The Bertz CT molecular complexity index is 1150. The fraction of sp³-hybridized carbons (Fsp3) is 0.120.